The summed E-state index contributed by atoms with van der Waals surface area (Å²) in [6.45, 7) is 5.94. The van der Waals surface area contributed by atoms with Gasteiger partial charge in [-0.3, -0.25) is 9.59 Å². The average molecular weight is 525 g/mol. The van der Waals surface area contributed by atoms with Crippen LogP contribution in [-0.4, -0.2) is 36.2 Å². The van der Waals surface area contributed by atoms with Crippen LogP contribution in [0.5, 0.6) is 0 Å². The number of fused-ring (bicyclic) bond motifs is 1. The SMILES string of the molecule is Cc1cccc(CN2C(=O)/C(=C\c3ccc(C(=O)CCCN4CCCCCC4)cc3)Sc3ccccc32)c1. The third-order valence-electron chi connectivity index (χ3n) is 7.36. The Bertz CT molecular complexity index is 1310. The van der Waals surface area contributed by atoms with Gasteiger partial charge in [0.15, 0.2) is 5.78 Å². The van der Waals surface area contributed by atoms with Crippen molar-refractivity contribution < 1.29 is 9.59 Å². The second-order valence-corrected chi connectivity index (χ2v) is 11.4. The Labute approximate surface area is 230 Å². The van der Waals surface area contributed by atoms with E-state index in [0.717, 1.165) is 40.2 Å². The summed E-state index contributed by atoms with van der Waals surface area (Å²) in [5.41, 5.74) is 4.91. The number of rotatable bonds is 8. The topological polar surface area (TPSA) is 40.6 Å². The summed E-state index contributed by atoms with van der Waals surface area (Å²) < 4.78 is 0. The average Bonchev–Trinajstić information content (AvgIpc) is 3.20. The molecule has 5 heteroatoms. The Morgan fingerprint density at radius 1 is 0.921 bits per heavy atom. The molecule has 0 aromatic heterocycles. The molecule has 2 aliphatic heterocycles. The van der Waals surface area contributed by atoms with Gasteiger partial charge in [0.05, 0.1) is 17.1 Å². The number of amides is 1. The van der Waals surface area contributed by atoms with E-state index < -0.39 is 0 Å². The van der Waals surface area contributed by atoms with E-state index in [1.54, 1.807) is 0 Å². The first kappa shape index (κ1) is 26.5. The maximum Gasteiger partial charge on any atom is 0.265 e. The van der Waals surface area contributed by atoms with Crippen molar-refractivity contribution in [2.24, 2.45) is 0 Å². The third kappa shape index (κ3) is 6.64. The molecule has 2 aliphatic rings. The Morgan fingerprint density at radius 3 is 2.45 bits per heavy atom. The molecule has 5 rings (SSSR count). The van der Waals surface area contributed by atoms with E-state index in [1.807, 2.05) is 59.5 Å². The molecule has 0 unspecified atom stereocenters. The molecule has 1 saturated heterocycles. The number of anilines is 1. The van der Waals surface area contributed by atoms with Crippen LogP contribution in [0.2, 0.25) is 0 Å². The number of nitrogens with zero attached hydrogens (tertiary/aromatic N) is 2. The minimum atomic E-state index is 0.00358. The highest BCUT2D eigenvalue weighted by Crippen LogP contribution is 2.42. The number of hydrogen-bond acceptors (Lipinski definition) is 4. The first-order valence-electron chi connectivity index (χ1n) is 13.8. The van der Waals surface area contributed by atoms with Crippen LogP contribution in [-0.2, 0) is 11.3 Å². The fourth-order valence-electron chi connectivity index (χ4n) is 5.30. The maximum atomic E-state index is 13.6. The van der Waals surface area contributed by atoms with Crippen molar-refractivity contribution in [3.63, 3.8) is 0 Å². The number of benzene rings is 3. The van der Waals surface area contributed by atoms with E-state index in [4.69, 9.17) is 0 Å². The summed E-state index contributed by atoms with van der Waals surface area (Å²) in [6.07, 6.45) is 8.66. The van der Waals surface area contributed by atoms with Gasteiger partial charge in [0.25, 0.3) is 5.91 Å². The minimum Gasteiger partial charge on any atom is -0.303 e. The number of likely N-dealkylation sites (tertiary alicyclic amines) is 1. The Kier molecular flexibility index (Phi) is 8.77. The maximum absolute atomic E-state index is 13.6. The van der Waals surface area contributed by atoms with Gasteiger partial charge in [-0.05, 0) is 75.2 Å². The van der Waals surface area contributed by atoms with E-state index in [9.17, 15) is 9.59 Å². The fourth-order valence-corrected chi connectivity index (χ4v) is 6.36. The summed E-state index contributed by atoms with van der Waals surface area (Å²) in [4.78, 5) is 32.5. The van der Waals surface area contributed by atoms with Crippen molar-refractivity contribution in [1.29, 1.82) is 0 Å². The van der Waals surface area contributed by atoms with Gasteiger partial charge in [-0.25, -0.2) is 0 Å². The number of thioether (sulfide) groups is 1. The van der Waals surface area contributed by atoms with Crippen LogP contribution < -0.4 is 4.90 Å². The summed E-state index contributed by atoms with van der Waals surface area (Å²) >= 11 is 1.51. The van der Waals surface area contributed by atoms with Gasteiger partial charge >= 0.3 is 0 Å². The summed E-state index contributed by atoms with van der Waals surface area (Å²) in [5, 5.41) is 0. The lowest BCUT2D eigenvalue weighted by Crippen LogP contribution is -2.33. The van der Waals surface area contributed by atoms with Crippen molar-refractivity contribution in [3.8, 4) is 0 Å². The van der Waals surface area contributed by atoms with Crippen LogP contribution in [0.3, 0.4) is 0 Å². The highest BCUT2D eigenvalue weighted by molar-refractivity contribution is 8.04. The highest BCUT2D eigenvalue weighted by atomic mass is 32.2. The molecule has 1 fully saturated rings. The van der Waals surface area contributed by atoms with E-state index in [1.165, 1.54) is 56.1 Å². The Morgan fingerprint density at radius 2 is 1.68 bits per heavy atom. The molecule has 196 valence electrons. The molecule has 0 atom stereocenters. The smallest absolute Gasteiger partial charge is 0.265 e. The molecule has 38 heavy (non-hydrogen) atoms. The lowest BCUT2D eigenvalue weighted by Gasteiger charge is -2.30. The van der Waals surface area contributed by atoms with Gasteiger partial charge in [-0.2, -0.15) is 0 Å². The zero-order valence-corrected chi connectivity index (χ0v) is 23.0. The van der Waals surface area contributed by atoms with Crippen LogP contribution in [0.4, 0.5) is 5.69 Å². The molecule has 1 amide bonds. The van der Waals surface area contributed by atoms with Crippen molar-refractivity contribution in [1.82, 2.24) is 4.90 Å². The standard InChI is InChI=1S/C33H36N2O2S/c1-25-10-8-11-27(22-25)24-35-29-12-4-5-14-31(29)38-32(33(35)37)23-26-15-17-28(18-16-26)30(36)13-9-21-34-19-6-2-3-7-20-34/h4-5,8,10-12,14-18,22-23H,2-3,6-7,9,13,19-21,24H2,1H3/b32-23+. The monoisotopic (exact) mass is 524 g/mol. The fraction of sp³-hybridized carbons (Fsp3) is 0.333. The van der Waals surface area contributed by atoms with Crippen LogP contribution in [0.1, 0.15) is 65.6 Å². The van der Waals surface area contributed by atoms with E-state index in [0.29, 0.717) is 17.9 Å². The van der Waals surface area contributed by atoms with E-state index in [-0.39, 0.29) is 11.7 Å². The van der Waals surface area contributed by atoms with Crippen LogP contribution in [0, 0.1) is 6.92 Å². The lowest BCUT2D eigenvalue weighted by molar-refractivity contribution is -0.114. The third-order valence-corrected chi connectivity index (χ3v) is 8.44. The second kappa shape index (κ2) is 12.6. The molecule has 3 aromatic carbocycles. The number of aryl methyl sites for hydroxylation is 1. The van der Waals surface area contributed by atoms with E-state index >= 15 is 0 Å². The molecule has 0 radical (unpaired) electrons. The van der Waals surface area contributed by atoms with Crippen molar-refractivity contribution >= 4 is 35.2 Å². The molecule has 0 spiro atoms. The van der Waals surface area contributed by atoms with E-state index in [2.05, 4.69) is 36.1 Å². The predicted molar refractivity (Wildman–Crippen MR) is 158 cm³/mol. The zero-order valence-electron chi connectivity index (χ0n) is 22.2. The molecule has 3 aromatic rings. The van der Waals surface area contributed by atoms with Gasteiger partial charge in [-0.15, -0.1) is 0 Å². The van der Waals surface area contributed by atoms with Crippen LogP contribution >= 0.6 is 11.8 Å². The number of Topliss-reactive ketones (excluding diaryl/α,β-unsaturated/α-hetero) is 1. The largest absolute Gasteiger partial charge is 0.303 e. The molecule has 0 saturated carbocycles. The number of hydrogen-bond donors (Lipinski definition) is 0. The number of ketones is 1. The van der Waals surface area contributed by atoms with Crippen molar-refractivity contribution in [2.75, 3.05) is 24.5 Å². The molecular formula is C33H36N2O2S. The molecule has 0 N–H and O–H groups in total. The Hall–Kier alpha value is -3.15. The number of carbonyl (C=O) groups is 2. The normalized spacial score (nSPS) is 17.3. The molecule has 0 bridgehead atoms. The molecule has 0 aliphatic carbocycles. The highest BCUT2D eigenvalue weighted by Gasteiger charge is 2.29. The number of para-hydroxylation sites is 1. The minimum absolute atomic E-state index is 0.00358. The second-order valence-electron chi connectivity index (χ2n) is 10.4. The summed E-state index contributed by atoms with van der Waals surface area (Å²) in [6, 6.07) is 24.1. The van der Waals surface area contributed by atoms with Gasteiger partial charge in [-0.1, -0.05) is 90.8 Å². The molecule has 2 heterocycles. The zero-order chi connectivity index (χ0) is 26.3. The van der Waals surface area contributed by atoms with Gasteiger partial charge in [0.1, 0.15) is 0 Å². The van der Waals surface area contributed by atoms with Crippen LogP contribution in [0.25, 0.3) is 6.08 Å². The molecule has 4 nitrogen and oxygen atoms in total. The Balaban J connectivity index is 1.26. The predicted octanol–water partition coefficient (Wildman–Crippen LogP) is 7.51. The first-order valence-corrected chi connectivity index (χ1v) is 14.6. The van der Waals surface area contributed by atoms with Gasteiger partial charge in [0, 0.05) is 16.9 Å². The summed E-state index contributed by atoms with van der Waals surface area (Å²) in [7, 11) is 0. The van der Waals surface area contributed by atoms with Crippen LogP contribution in [0.15, 0.2) is 82.6 Å². The quantitative estimate of drug-likeness (QED) is 0.226. The van der Waals surface area contributed by atoms with Crippen molar-refractivity contribution in [3.05, 3.63) is 100.0 Å². The van der Waals surface area contributed by atoms with Crippen molar-refractivity contribution in [2.45, 2.75) is 56.9 Å². The summed E-state index contributed by atoms with van der Waals surface area (Å²) in [5.74, 6) is 0.198. The number of carbonyl (C=O) groups excluding carboxylic acids is 2. The van der Waals surface area contributed by atoms with Gasteiger partial charge in [0.2, 0.25) is 0 Å². The lowest BCUT2D eigenvalue weighted by atomic mass is 10.0. The molecular weight excluding hydrogens is 488 g/mol. The van der Waals surface area contributed by atoms with Gasteiger partial charge < -0.3 is 9.80 Å². The first-order chi connectivity index (χ1) is 18.6.